The van der Waals surface area contributed by atoms with Crippen molar-refractivity contribution in [2.24, 2.45) is 5.84 Å². The number of rotatable bonds is 5. The van der Waals surface area contributed by atoms with Gasteiger partial charge in [-0.2, -0.15) is 0 Å². The van der Waals surface area contributed by atoms with E-state index < -0.39 is 0 Å². The Kier molecular flexibility index (Phi) is 5.69. The van der Waals surface area contributed by atoms with Crippen LogP contribution < -0.4 is 20.7 Å². The molecule has 6 heteroatoms. The summed E-state index contributed by atoms with van der Waals surface area (Å²) >= 11 is 8.39. The molecule has 0 aromatic heterocycles. The fourth-order valence-electron chi connectivity index (χ4n) is 2.12. The Balaban J connectivity index is 2.51. The first kappa shape index (κ1) is 16.4. The van der Waals surface area contributed by atoms with Crippen LogP contribution in [0.3, 0.4) is 0 Å². The fraction of sp³-hybridized carbons (Fsp3) is 0.200. The first-order valence-corrected chi connectivity index (χ1v) is 7.69. The number of methoxy groups -OCH3 is 2. The summed E-state index contributed by atoms with van der Waals surface area (Å²) in [5.74, 6) is 7.22. The van der Waals surface area contributed by atoms with Crippen LogP contribution in [0.15, 0.2) is 36.4 Å². The van der Waals surface area contributed by atoms with E-state index in [1.165, 1.54) is 0 Å². The molecule has 2 aromatic carbocycles. The Bertz CT molecular complexity index is 637. The highest BCUT2D eigenvalue weighted by Gasteiger charge is 2.18. The molecule has 2 rings (SSSR count). The molecule has 0 bridgehead atoms. The molecule has 0 aliphatic carbocycles. The molecule has 112 valence electrons. The molecule has 0 amide bonds. The van der Waals surface area contributed by atoms with Gasteiger partial charge in [0.1, 0.15) is 11.5 Å². The predicted octanol–water partition coefficient (Wildman–Crippen LogP) is 3.51. The maximum absolute atomic E-state index is 6.20. The van der Waals surface area contributed by atoms with Gasteiger partial charge in [0.2, 0.25) is 0 Å². The highest BCUT2D eigenvalue weighted by molar-refractivity contribution is 14.1. The standard InChI is InChI=1S/C15H16ClIN2O2/c1-20-10-4-6-14(21-2)11(8-10)15(19-18)9-3-5-13(17)12(16)7-9/h3-8,15,19H,18H2,1-2H3. The van der Waals surface area contributed by atoms with Crippen LogP contribution in [0.2, 0.25) is 5.02 Å². The van der Waals surface area contributed by atoms with Crippen molar-refractivity contribution in [3.8, 4) is 11.5 Å². The lowest BCUT2D eigenvalue weighted by Crippen LogP contribution is -2.29. The molecule has 4 nitrogen and oxygen atoms in total. The monoisotopic (exact) mass is 418 g/mol. The number of hydrazine groups is 1. The Labute approximate surface area is 142 Å². The first-order chi connectivity index (χ1) is 10.1. The second kappa shape index (κ2) is 7.31. The molecule has 0 heterocycles. The Morgan fingerprint density at radius 2 is 1.90 bits per heavy atom. The minimum absolute atomic E-state index is 0.246. The topological polar surface area (TPSA) is 56.5 Å². The number of nitrogens with one attached hydrogen (secondary N) is 1. The van der Waals surface area contributed by atoms with Crippen molar-refractivity contribution in [2.75, 3.05) is 14.2 Å². The van der Waals surface area contributed by atoms with Gasteiger partial charge in [0.15, 0.2) is 0 Å². The molecule has 1 unspecified atom stereocenters. The molecule has 0 spiro atoms. The fourth-order valence-corrected chi connectivity index (χ4v) is 2.65. The maximum Gasteiger partial charge on any atom is 0.124 e. The van der Waals surface area contributed by atoms with E-state index in [0.717, 1.165) is 26.2 Å². The van der Waals surface area contributed by atoms with Crippen LogP contribution in [0.4, 0.5) is 0 Å². The lowest BCUT2D eigenvalue weighted by atomic mass is 9.98. The smallest absolute Gasteiger partial charge is 0.124 e. The van der Waals surface area contributed by atoms with Gasteiger partial charge in [0.25, 0.3) is 0 Å². The summed E-state index contributed by atoms with van der Waals surface area (Å²) in [5, 5.41) is 0.690. The average molecular weight is 419 g/mol. The van der Waals surface area contributed by atoms with Crippen molar-refractivity contribution in [2.45, 2.75) is 6.04 Å². The molecule has 0 saturated heterocycles. The lowest BCUT2D eigenvalue weighted by Gasteiger charge is -2.20. The van der Waals surface area contributed by atoms with Crippen LogP contribution in [0, 0.1) is 3.57 Å². The van der Waals surface area contributed by atoms with Gasteiger partial charge in [-0.15, -0.1) is 0 Å². The lowest BCUT2D eigenvalue weighted by molar-refractivity contribution is 0.394. The molecule has 0 radical (unpaired) electrons. The molecule has 0 fully saturated rings. The van der Waals surface area contributed by atoms with E-state index in [2.05, 4.69) is 28.0 Å². The van der Waals surface area contributed by atoms with E-state index in [-0.39, 0.29) is 6.04 Å². The Morgan fingerprint density at radius 3 is 2.48 bits per heavy atom. The normalized spacial score (nSPS) is 12.0. The quantitative estimate of drug-likeness (QED) is 0.443. The minimum Gasteiger partial charge on any atom is -0.497 e. The number of ether oxygens (including phenoxy) is 2. The summed E-state index contributed by atoms with van der Waals surface area (Å²) in [4.78, 5) is 0. The van der Waals surface area contributed by atoms with Gasteiger partial charge in [-0.05, 0) is 58.5 Å². The van der Waals surface area contributed by atoms with Gasteiger partial charge in [-0.1, -0.05) is 17.7 Å². The summed E-state index contributed by atoms with van der Waals surface area (Å²) in [7, 11) is 3.25. The van der Waals surface area contributed by atoms with E-state index >= 15 is 0 Å². The second-order valence-corrected chi connectivity index (χ2v) is 5.95. The Hall–Kier alpha value is -1.02. The number of benzene rings is 2. The van der Waals surface area contributed by atoms with Crippen molar-refractivity contribution in [1.29, 1.82) is 0 Å². The van der Waals surface area contributed by atoms with Crippen molar-refractivity contribution >= 4 is 34.2 Å². The van der Waals surface area contributed by atoms with Crippen LogP contribution in [0.1, 0.15) is 17.2 Å². The van der Waals surface area contributed by atoms with Crippen molar-refractivity contribution in [1.82, 2.24) is 5.43 Å². The summed E-state index contributed by atoms with van der Waals surface area (Å²) in [6.45, 7) is 0. The van der Waals surface area contributed by atoms with Crippen LogP contribution in [0.5, 0.6) is 11.5 Å². The van der Waals surface area contributed by atoms with Crippen LogP contribution >= 0.6 is 34.2 Å². The summed E-state index contributed by atoms with van der Waals surface area (Å²) in [6, 6.07) is 11.2. The third-order valence-corrected chi connectivity index (χ3v) is 4.76. The summed E-state index contributed by atoms with van der Waals surface area (Å²) in [5.41, 5.74) is 4.65. The highest BCUT2D eigenvalue weighted by Crippen LogP contribution is 2.34. The summed E-state index contributed by atoms with van der Waals surface area (Å²) in [6.07, 6.45) is 0. The van der Waals surface area contributed by atoms with Gasteiger partial charge in [-0.3, -0.25) is 5.84 Å². The van der Waals surface area contributed by atoms with Gasteiger partial charge in [0, 0.05) is 9.13 Å². The van der Waals surface area contributed by atoms with E-state index in [1.807, 2.05) is 36.4 Å². The number of nitrogens with two attached hydrogens (primary N) is 1. The molecular weight excluding hydrogens is 403 g/mol. The van der Waals surface area contributed by atoms with Crippen molar-refractivity contribution in [3.63, 3.8) is 0 Å². The van der Waals surface area contributed by atoms with Crippen LogP contribution in [0.25, 0.3) is 0 Å². The van der Waals surface area contributed by atoms with Gasteiger partial charge in [0.05, 0.1) is 25.3 Å². The largest absolute Gasteiger partial charge is 0.497 e. The van der Waals surface area contributed by atoms with Gasteiger partial charge in [-0.25, -0.2) is 5.43 Å². The molecule has 0 aliphatic rings. The number of hydrogen-bond donors (Lipinski definition) is 2. The zero-order valence-corrected chi connectivity index (χ0v) is 14.6. The molecule has 2 aromatic rings. The molecule has 21 heavy (non-hydrogen) atoms. The third-order valence-electron chi connectivity index (χ3n) is 3.19. The van der Waals surface area contributed by atoms with E-state index in [1.54, 1.807) is 14.2 Å². The van der Waals surface area contributed by atoms with E-state index in [4.69, 9.17) is 26.9 Å². The second-order valence-electron chi connectivity index (χ2n) is 4.38. The number of hydrogen-bond acceptors (Lipinski definition) is 4. The zero-order valence-electron chi connectivity index (χ0n) is 11.7. The molecule has 1 atom stereocenters. The maximum atomic E-state index is 6.20. The molecular formula is C15H16ClIN2O2. The Morgan fingerprint density at radius 1 is 1.14 bits per heavy atom. The molecule has 0 saturated carbocycles. The van der Waals surface area contributed by atoms with Gasteiger partial charge >= 0.3 is 0 Å². The third kappa shape index (κ3) is 3.60. The summed E-state index contributed by atoms with van der Waals surface area (Å²) < 4.78 is 11.7. The SMILES string of the molecule is COc1ccc(OC)c(C(NN)c2ccc(I)c(Cl)c2)c1. The van der Waals surface area contributed by atoms with Crippen molar-refractivity contribution in [3.05, 3.63) is 56.1 Å². The van der Waals surface area contributed by atoms with Crippen LogP contribution in [-0.2, 0) is 0 Å². The van der Waals surface area contributed by atoms with E-state index in [9.17, 15) is 0 Å². The first-order valence-electron chi connectivity index (χ1n) is 6.23. The minimum atomic E-state index is -0.246. The highest BCUT2D eigenvalue weighted by atomic mass is 127. The van der Waals surface area contributed by atoms with Gasteiger partial charge < -0.3 is 9.47 Å². The van der Waals surface area contributed by atoms with E-state index in [0.29, 0.717) is 5.02 Å². The molecule has 3 N–H and O–H groups in total. The predicted molar refractivity (Wildman–Crippen MR) is 92.9 cm³/mol. The average Bonchev–Trinajstić information content (AvgIpc) is 2.51. The molecule has 0 aliphatic heterocycles. The zero-order chi connectivity index (χ0) is 15.4. The van der Waals surface area contributed by atoms with Crippen molar-refractivity contribution < 1.29 is 9.47 Å². The number of halogens is 2. The van der Waals surface area contributed by atoms with Crippen LogP contribution in [-0.4, -0.2) is 14.2 Å².